The summed E-state index contributed by atoms with van der Waals surface area (Å²) in [7, 11) is -6.05. The summed E-state index contributed by atoms with van der Waals surface area (Å²) in [5, 5.41) is 0.254. The Morgan fingerprint density at radius 2 is 1.89 bits per heavy atom. The van der Waals surface area contributed by atoms with Crippen LogP contribution in [0.2, 0.25) is 5.02 Å². The van der Waals surface area contributed by atoms with Crippen LogP contribution in [0.3, 0.4) is 0 Å². The molecule has 11 heteroatoms. The summed E-state index contributed by atoms with van der Waals surface area (Å²) in [6.07, 6.45) is 0.491. The van der Waals surface area contributed by atoms with E-state index in [4.69, 9.17) is 16.3 Å². The molecule has 0 aliphatic rings. The highest BCUT2D eigenvalue weighted by Gasteiger charge is 2.22. The van der Waals surface area contributed by atoms with Crippen LogP contribution in [-0.2, 0) is 19.9 Å². The molecule has 2 aromatic carbocycles. The second-order valence-corrected chi connectivity index (χ2v) is 11.3. The minimum absolute atomic E-state index is 0.0148. The summed E-state index contributed by atoms with van der Waals surface area (Å²) >= 11 is 6.93. The summed E-state index contributed by atoms with van der Waals surface area (Å²) < 4.78 is 58.1. The normalized spacial score (nSPS) is 12.2. The van der Waals surface area contributed by atoms with E-state index in [2.05, 4.69) is 9.71 Å². The minimum Gasteiger partial charge on any atom is -0.495 e. The van der Waals surface area contributed by atoms with Gasteiger partial charge in [0.1, 0.15) is 10.6 Å². The van der Waals surface area contributed by atoms with E-state index >= 15 is 0 Å². The van der Waals surface area contributed by atoms with Gasteiger partial charge in [0.2, 0.25) is 14.2 Å². The van der Waals surface area contributed by atoms with Crippen molar-refractivity contribution in [1.82, 2.24) is 4.98 Å². The highest BCUT2D eigenvalue weighted by molar-refractivity contribution is 7.93. The van der Waals surface area contributed by atoms with E-state index in [0.29, 0.717) is 16.6 Å². The van der Waals surface area contributed by atoms with Crippen molar-refractivity contribution in [3.05, 3.63) is 41.4 Å². The molecule has 3 rings (SSSR count). The van der Waals surface area contributed by atoms with Gasteiger partial charge in [-0.3, -0.25) is 4.72 Å². The lowest BCUT2D eigenvalue weighted by Gasteiger charge is -2.12. The monoisotopic (exact) mass is 460 g/mol. The molecule has 3 aromatic rings. The van der Waals surface area contributed by atoms with Crippen LogP contribution >= 0.6 is 22.9 Å². The number of sulfone groups is 1. The number of rotatable bonds is 7. The average molecular weight is 461 g/mol. The molecule has 7 nitrogen and oxygen atoms in total. The molecule has 0 saturated heterocycles. The predicted molar refractivity (Wildman–Crippen MR) is 111 cm³/mol. The number of thiazole rings is 1. The van der Waals surface area contributed by atoms with Gasteiger partial charge in [-0.05, 0) is 42.8 Å². The number of nitrogens with zero attached hydrogens (tertiary/aromatic N) is 1. The lowest BCUT2D eigenvalue weighted by Crippen LogP contribution is -2.14. The van der Waals surface area contributed by atoms with Crippen LogP contribution in [0.4, 0.5) is 5.69 Å². The smallest absolute Gasteiger partial charge is 0.265 e. The van der Waals surface area contributed by atoms with Crippen molar-refractivity contribution >= 4 is 58.7 Å². The molecule has 0 saturated carbocycles. The Balaban J connectivity index is 1.98. The largest absolute Gasteiger partial charge is 0.495 e. The van der Waals surface area contributed by atoms with Gasteiger partial charge < -0.3 is 4.74 Å². The SMILES string of the molecule is CCCS(=O)(=O)c1nc2ccc(NS(=O)(=O)c3cc(Cl)ccc3OC)cc2s1. The number of ether oxygens (including phenoxy) is 1. The van der Waals surface area contributed by atoms with Gasteiger partial charge in [-0.2, -0.15) is 0 Å². The van der Waals surface area contributed by atoms with Crippen LogP contribution in [0.25, 0.3) is 10.2 Å². The Morgan fingerprint density at radius 1 is 1.14 bits per heavy atom. The summed E-state index contributed by atoms with van der Waals surface area (Å²) in [4.78, 5) is 4.05. The number of aromatic nitrogens is 1. The maximum atomic E-state index is 12.8. The van der Waals surface area contributed by atoms with Gasteiger partial charge in [-0.1, -0.05) is 18.5 Å². The fraction of sp³-hybridized carbons (Fsp3) is 0.235. The Bertz CT molecular complexity index is 1240. The number of nitrogens with one attached hydrogen (secondary N) is 1. The molecule has 0 spiro atoms. The topological polar surface area (TPSA) is 102 Å². The minimum atomic E-state index is -3.97. The summed E-state index contributed by atoms with van der Waals surface area (Å²) in [5.41, 5.74) is 0.764. The van der Waals surface area contributed by atoms with Crippen molar-refractivity contribution in [2.45, 2.75) is 22.6 Å². The number of methoxy groups -OCH3 is 1. The van der Waals surface area contributed by atoms with Gasteiger partial charge in [0.25, 0.3) is 10.0 Å². The molecule has 28 heavy (non-hydrogen) atoms. The number of hydrogen-bond acceptors (Lipinski definition) is 7. The van der Waals surface area contributed by atoms with Gasteiger partial charge in [0.15, 0.2) is 0 Å². The van der Waals surface area contributed by atoms with Crippen LogP contribution < -0.4 is 9.46 Å². The Morgan fingerprint density at radius 3 is 2.57 bits per heavy atom. The van der Waals surface area contributed by atoms with Crippen LogP contribution in [0.5, 0.6) is 5.75 Å². The number of halogens is 1. The third-order valence-electron chi connectivity index (χ3n) is 3.78. The van der Waals surface area contributed by atoms with Crippen molar-refractivity contribution in [3.8, 4) is 5.75 Å². The second kappa shape index (κ2) is 7.86. The van der Waals surface area contributed by atoms with Crippen LogP contribution in [-0.4, -0.2) is 34.7 Å². The molecule has 0 amide bonds. The molecule has 0 bridgehead atoms. The third kappa shape index (κ3) is 4.24. The molecule has 150 valence electrons. The first kappa shape index (κ1) is 20.8. The zero-order chi connectivity index (χ0) is 20.5. The number of hydrogen-bond donors (Lipinski definition) is 1. The zero-order valence-electron chi connectivity index (χ0n) is 15.0. The van der Waals surface area contributed by atoms with Crippen LogP contribution in [0.15, 0.2) is 45.6 Å². The van der Waals surface area contributed by atoms with Crippen molar-refractivity contribution in [3.63, 3.8) is 0 Å². The van der Waals surface area contributed by atoms with Gasteiger partial charge in [0.05, 0.1) is 28.8 Å². The van der Waals surface area contributed by atoms with Crippen molar-refractivity contribution < 1.29 is 21.6 Å². The van der Waals surface area contributed by atoms with E-state index in [0.717, 1.165) is 11.3 Å². The Kier molecular flexibility index (Phi) is 5.85. The maximum absolute atomic E-state index is 12.8. The van der Waals surface area contributed by atoms with Gasteiger partial charge in [-0.15, -0.1) is 11.3 Å². The Labute approximate surface area is 172 Å². The summed E-state index contributed by atoms with van der Waals surface area (Å²) in [6.45, 7) is 1.78. The fourth-order valence-corrected chi connectivity index (χ4v) is 6.72. The number of benzene rings is 2. The molecule has 0 aliphatic carbocycles. The predicted octanol–water partition coefficient (Wildman–Crippen LogP) is 3.94. The summed E-state index contributed by atoms with van der Waals surface area (Å²) in [6, 6.07) is 8.93. The molecule has 0 radical (unpaired) electrons. The number of fused-ring (bicyclic) bond motifs is 1. The fourth-order valence-electron chi connectivity index (χ4n) is 2.53. The molecule has 0 atom stereocenters. The quantitative estimate of drug-likeness (QED) is 0.572. The van der Waals surface area contributed by atoms with E-state index in [1.54, 1.807) is 19.1 Å². The van der Waals surface area contributed by atoms with E-state index in [1.165, 1.54) is 31.4 Å². The molecule has 0 unspecified atom stereocenters. The third-order valence-corrected chi connectivity index (χ3v) is 8.81. The van der Waals surface area contributed by atoms with Crippen LogP contribution in [0, 0.1) is 0 Å². The molecule has 0 fully saturated rings. The van der Waals surface area contributed by atoms with E-state index < -0.39 is 19.9 Å². The number of anilines is 1. The lowest BCUT2D eigenvalue weighted by molar-refractivity contribution is 0.403. The van der Waals surface area contributed by atoms with Crippen molar-refractivity contribution in [1.29, 1.82) is 0 Å². The first-order valence-electron chi connectivity index (χ1n) is 8.16. The van der Waals surface area contributed by atoms with E-state index in [9.17, 15) is 16.8 Å². The molecule has 1 N–H and O–H groups in total. The van der Waals surface area contributed by atoms with Gasteiger partial charge in [0, 0.05) is 5.02 Å². The molecular weight excluding hydrogens is 444 g/mol. The number of sulfonamides is 1. The highest BCUT2D eigenvalue weighted by Crippen LogP contribution is 2.32. The first-order valence-corrected chi connectivity index (χ1v) is 12.5. The van der Waals surface area contributed by atoms with Crippen molar-refractivity contribution in [2.75, 3.05) is 17.6 Å². The molecular formula is C17H17ClN2O5S3. The van der Waals surface area contributed by atoms with E-state index in [1.807, 2.05) is 0 Å². The second-order valence-electron chi connectivity index (χ2n) is 5.88. The first-order chi connectivity index (χ1) is 13.2. The standard InChI is InChI=1S/C17H17ClN2O5S3/c1-3-8-27(21,22)17-19-13-6-5-12(10-15(13)26-17)20-28(23,24)16-9-11(18)4-7-14(16)25-2/h4-7,9-10,20H,3,8H2,1-2H3. The zero-order valence-corrected chi connectivity index (χ0v) is 18.2. The molecule has 1 aromatic heterocycles. The van der Waals surface area contributed by atoms with Crippen LogP contribution in [0.1, 0.15) is 13.3 Å². The molecule has 1 heterocycles. The molecule has 0 aliphatic heterocycles. The van der Waals surface area contributed by atoms with Crippen molar-refractivity contribution in [2.24, 2.45) is 0 Å². The highest BCUT2D eigenvalue weighted by atomic mass is 35.5. The van der Waals surface area contributed by atoms with E-state index in [-0.39, 0.29) is 31.4 Å². The van der Waals surface area contributed by atoms with Gasteiger partial charge in [-0.25, -0.2) is 21.8 Å². The van der Waals surface area contributed by atoms with Gasteiger partial charge >= 0.3 is 0 Å². The summed E-state index contributed by atoms with van der Waals surface area (Å²) in [5.74, 6) is 0.171. The Hall–Kier alpha value is -1.88. The maximum Gasteiger partial charge on any atom is 0.265 e. The lowest BCUT2D eigenvalue weighted by atomic mass is 10.3. The average Bonchev–Trinajstić information content (AvgIpc) is 3.05.